The summed E-state index contributed by atoms with van der Waals surface area (Å²) in [5.74, 6) is 1.87. The van der Waals surface area contributed by atoms with Gasteiger partial charge in [-0.2, -0.15) is 5.10 Å². The molecule has 5 nitrogen and oxygen atoms in total. The average Bonchev–Trinajstić information content (AvgIpc) is 2.78. The third kappa shape index (κ3) is 5.08. The molecule has 0 spiro atoms. The van der Waals surface area contributed by atoms with E-state index in [4.69, 9.17) is 4.74 Å². The summed E-state index contributed by atoms with van der Waals surface area (Å²) in [6, 6.07) is 23.0. The van der Waals surface area contributed by atoms with Crippen molar-refractivity contribution in [3.8, 4) is 5.75 Å². The van der Waals surface area contributed by atoms with Crippen molar-refractivity contribution < 1.29 is 4.74 Å². The fourth-order valence-electron chi connectivity index (χ4n) is 3.56. The van der Waals surface area contributed by atoms with Gasteiger partial charge in [0.2, 0.25) is 0 Å². The number of piperidine rings is 1. The lowest BCUT2D eigenvalue weighted by Crippen LogP contribution is -2.45. The molecule has 2 aromatic carbocycles. The summed E-state index contributed by atoms with van der Waals surface area (Å²) >= 11 is 0. The van der Waals surface area contributed by atoms with Gasteiger partial charge in [-0.1, -0.05) is 42.5 Å². The number of nitrogens with one attached hydrogen (secondary N) is 1. The molecule has 1 N–H and O–H groups in total. The number of anilines is 1. The van der Waals surface area contributed by atoms with Crippen molar-refractivity contribution in [3.63, 3.8) is 0 Å². The molecule has 3 aromatic rings. The lowest BCUT2D eigenvalue weighted by atomic mass is 10.1. The Morgan fingerprint density at radius 1 is 1.00 bits per heavy atom. The van der Waals surface area contributed by atoms with Gasteiger partial charge in [-0.05, 0) is 48.2 Å². The summed E-state index contributed by atoms with van der Waals surface area (Å²) in [6.45, 7) is 3.43. The lowest BCUT2D eigenvalue weighted by molar-refractivity contribution is 0.305. The zero-order chi connectivity index (χ0) is 19.0. The Labute approximate surface area is 166 Å². The SMILES string of the molecule is c1ccc(COc2cccc(CNC3CCCN(c4cccnn4)C3)c2)cc1. The molecule has 1 fully saturated rings. The van der Waals surface area contributed by atoms with E-state index in [0.717, 1.165) is 37.6 Å². The van der Waals surface area contributed by atoms with Gasteiger partial charge < -0.3 is 15.0 Å². The highest BCUT2D eigenvalue weighted by Gasteiger charge is 2.20. The van der Waals surface area contributed by atoms with Crippen LogP contribution in [0.3, 0.4) is 0 Å². The fourth-order valence-corrected chi connectivity index (χ4v) is 3.56. The van der Waals surface area contributed by atoms with Crippen molar-refractivity contribution in [3.05, 3.63) is 84.1 Å². The first-order valence-corrected chi connectivity index (χ1v) is 9.88. The second-order valence-electron chi connectivity index (χ2n) is 7.17. The van der Waals surface area contributed by atoms with E-state index in [-0.39, 0.29) is 0 Å². The number of benzene rings is 2. The molecule has 0 amide bonds. The molecule has 1 aromatic heterocycles. The summed E-state index contributed by atoms with van der Waals surface area (Å²) < 4.78 is 5.95. The number of nitrogens with zero attached hydrogens (tertiary/aromatic N) is 3. The topological polar surface area (TPSA) is 50.3 Å². The Morgan fingerprint density at radius 2 is 1.89 bits per heavy atom. The molecule has 0 radical (unpaired) electrons. The maximum Gasteiger partial charge on any atom is 0.151 e. The average molecular weight is 374 g/mol. The van der Waals surface area contributed by atoms with Gasteiger partial charge >= 0.3 is 0 Å². The molecule has 0 bridgehead atoms. The minimum Gasteiger partial charge on any atom is -0.489 e. The maximum absolute atomic E-state index is 5.95. The van der Waals surface area contributed by atoms with Crippen LogP contribution in [-0.2, 0) is 13.2 Å². The number of ether oxygens (including phenoxy) is 1. The van der Waals surface area contributed by atoms with E-state index in [2.05, 4.69) is 50.7 Å². The van der Waals surface area contributed by atoms with Crippen LogP contribution >= 0.6 is 0 Å². The molecular formula is C23H26N4O. The van der Waals surface area contributed by atoms with Crippen molar-refractivity contribution in [2.75, 3.05) is 18.0 Å². The van der Waals surface area contributed by atoms with Gasteiger partial charge in [-0.3, -0.25) is 0 Å². The third-order valence-corrected chi connectivity index (χ3v) is 5.05. The number of hydrogen-bond donors (Lipinski definition) is 1. The Balaban J connectivity index is 1.29. The summed E-state index contributed by atoms with van der Waals surface area (Å²) in [4.78, 5) is 2.31. The molecule has 1 saturated heterocycles. The molecular weight excluding hydrogens is 348 g/mol. The minimum atomic E-state index is 0.449. The smallest absolute Gasteiger partial charge is 0.151 e. The van der Waals surface area contributed by atoms with E-state index < -0.39 is 0 Å². The maximum atomic E-state index is 5.95. The second kappa shape index (κ2) is 9.33. The Kier molecular flexibility index (Phi) is 6.15. The van der Waals surface area contributed by atoms with Crippen molar-refractivity contribution in [1.82, 2.24) is 15.5 Å². The largest absolute Gasteiger partial charge is 0.489 e. The molecule has 1 aliphatic heterocycles. The lowest BCUT2D eigenvalue weighted by Gasteiger charge is -2.33. The summed E-state index contributed by atoms with van der Waals surface area (Å²) in [5, 5.41) is 11.9. The van der Waals surface area contributed by atoms with Crippen LogP contribution in [0.2, 0.25) is 0 Å². The number of rotatable bonds is 7. The summed E-state index contributed by atoms with van der Waals surface area (Å²) in [6.07, 6.45) is 4.06. The Bertz CT molecular complexity index is 857. The fraction of sp³-hybridized carbons (Fsp3) is 0.304. The van der Waals surface area contributed by atoms with Crippen LogP contribution in [0.15, 0.2) is 72.9 Å². The van der Waals surface area contributed by atoms with Crippen molar-refractivity contribution in [2.45, 2.75) is 32.0 Å². The molecule has 0 saturated carbocycles. The van der Waals surface area contributed by atoms with E-state index in [9.17, 15) is 0 Å². The van der Waals surface area contributed by atoms with E-state index in [1.807, 2.05) is 36.4 Å². The molecule has 1 aliphatic rings. The molecule has 5 heteroatoms. The first-order chi connectivity index (χ1) is 13.9. The molecule has 1 atom stereocenters. The molecule has 28 heavy (non-hydrogen) atoms. The predicted octanol–water partition coefficient (Wildman–Crippen LogP) is 3.81. The van der Waals surface area contributed by atoms with Crippen LogP contribution in [0, 0.1) is 0 Å². The van der Waals surface area contributed by atoms with Gasteiger partial charge in [0, 0.05) is 31.9 Å². The monoisotopic (exact) mass is 374 g/mol. The first kappa shape index (κ1) is 18.4. The van der Waals surface area contributed by atoms with Crippen LogP contribution in [0.1, 0.15) is 24.0 Å². The van der Waals surface area contributed by atoms with Gasteiger partial charge in [0.25, 0.3) is 0 Å². The molecule has 144 valence electrons. The molecule has 4 rings (SSSR count). The van der Waals surface area contributed by atoms with Gasteiger partial charge in [-0.15, -0.1) is 5.10 Å². The van der Waals surface area contributed by atoms with Crippen LogP contribution in [-0.4, -0.2) is 29.3 Å². The number of aromatic nitrogens is 2. The van der Waals surface area contributed by atoms with Gasteiger partial charge in [-0.25, -0.2) is 0 Å². The molecule has 2 heterocycles. The van der Waals surface area contributed by atoms with Crippen LogP contribution in [0.25, 0.3) is 0 Å². The summed E-state index contributed by atoms with van der Waals surface area (Å²) in [7, 11) is 0. The second-order valence-corrected chi connectivity index (χ2v) is 7.17. The number of hydrogen-bond acceptors (Lipinski definition) is 5. The van der Waals surface area contributed by atoms with Gasteiger partial charge in [0.1, 0.15) is 12.4 Å². The van der Waals surface area contributed by atoms with Crippen molar-refractivity contribution in [1.29, 1.82) is 0 Å². The molecule has 0 aliphatic carbocycles. The predicted molar refractivity (Wildman–Crippen MR) is 111 cm³/mol. The van der Waals surface area contributed by atoms with Crippen LogP contribution in [0.4, 0.5) is 5.82 Å². The van der Waals surface area contributed by atoms with Crippen molar-refractivity contribution in [2.24, 2.45) is 0 Å². The highest BCUT2D eigenvalue weighted by molar-refractivity contribution is 5.37. The highest BCUT2D eigenvalue weighted by Crippen LogP contribution is 2.18. The zero-order valence-electron chi connectivity index (χ0n) is 16.0. The summed E-state index contributed by atoms with van der Waals surface area (Å²) in [5.41, 5.74) is 2.42. The Hall–Kier alpha value is -2.92. The highest BCUT2D eigenvalue weighted by atomic mass is 16.5. The Morgan fingerprint density at radius 3 is 2.75 bits per heavy atom. The molecule has 1 unspecified atom stereocenters. The zero-order valence-corrected chi connectivity index (χ0v) is 16.0. The normalized spacial score (nSPS) is 16.7. The van der Waals surface area contributed by atoms with E-state index in [1.54, 1.807) is 6.20 Å². The van der Waals surface area contributed by atoms with E-state index >= 15 is 0 Å². The van der Waals surface area contributed by atoms with E-state index in [0.29, 0.717) is 12.6 Å². The quantitative estimate of drug-likeness (QED) is 0.681. The standard InChI is InChI=1S/C23H26N4O/c1-2-7-19(8-3-1)18-28-22-11-4-9-20(15-22)16-24-21-10-6-14-27(17-21)23-12-5-13-25-26-23/h1-5,7-9,11-13,15,21,24H,6,10,14,16-18H2. The minimum absolute atomic E-state index is 0.449. The van der Waals surface area contributed by atoms with Gasteiger partial charge in [0.15, 0.2) is 5.82 Å². The van der Waals surface area contributed by atoms with Crippen LogP contribution in [0.5, 0.6) is 5.75 Å². The van der Waals surface area contributed by atoms with Crippen molar-refractivity contribution >= 4 is 5.82 Å². The van der Waals surface area contributed by atoms with Crippen LogP contribution < -0.4 is 15.0 Å². The third-order valence-electron chi connectivity index (χ3n) is 5.05. The van der Waals surface area contributed by atoms with Gasteiger partial charge in [0.05, 0.1) is 0 Å². The van der Waals surface area contributed by atoms with E-state index in [1.165, 1.54) is 17.5 Å². The first-order valence-electron chi connectivity index (χ1n) is 9.88.